The summed E-state index contributed by atoms with van der Waals surface area (Å²) >= 11 is 0. The van der Waals surface area contributed by atoms with Crippen molar-refractivity contribution in [1.82, 2.24) is 0 Å². The molecule has 5 nitrogen and oxygen atoms in total. The van der Waals surface area contributed by atoms with E-state index in [0.717, 1.165) is 54.4 Å². The third kappa shape index (κ3) is 4.45. The van der Waals surface area contributed by atoms with Gasteiger partial charge in [0.25, 0.3) is 0 Å². The Kier molecular flexibility index (Phi) is 6.26. The molecule has 0 radical (unpaired) electrons. The number of rotatable bonds is 9. The number of aryl methyl sites for hydroxylation is 3. The van der Waals surface area contributed by atoms with Crippen LogP contribution in [-0.2, 0) is 24.1 Å². The van der Waals surface area contributed by atoms with Crippen LogP contribution in [0.1, 0.15) is 60.6 Å². The normalized spacial score (nSPS) is 15.5. The quantitative estimate of drug-likeness (QED) is 0.428. The minimum atomic E-state index is -0.869. The zero-order chi connectivity index (χ0) is 20.9. The summed E-state index contributed by atoms with van der Waals surface area (Å²) in [7, 11) is 0. The van der Waals surface area contributed by atoms with Crippen LogP contribution in [0, 0.1) is 10.8 Å². The van der Waals surface area contributed by atoms with Gasteiger partial charge in [-0.3, -0.25) is 4.79 Å². The molecule has 4 rings (SSSR count). The maximum atomic E-state index is 11.8. The molecule has 2 atom stereocenters. The number of hydrogen-bond donors (Lipinski definition) is 1. The van der Waals surface area contributed by atoms with Crippen LogP contribution in [0.2, 0.25) is 0 Å². The van der Waals surface area contributed by atoms with Gasteiger partial charge in [0.2, 0.25) is 0 Å². The number of furan rings is 1. The summed E-state index contributed by atoms with van der Waals surface area (Å²) in [6.07, 6.45) is 6.61. The largest absolute Gasteiger partial charge is 0.481 e. The molecule has 1 N–H and O–H groups in total. The van der Waals surface area contributed by atoms with Gasteiger partial charge in [-0.05, 0) is 62.1 Å². The smallest absolute Gasteiger partial charge is 0.306 e. The van der Waals surface area contributed by atoms with Gasteiger partial charge in [0, 0.05) is 17.4 Å². The average Bonchev–Trinajstić information content (AvgIpc) is 3.14. The number of aliphatic carboxylic acids is 1. The molecule has 0 spiro atoms. The van der Waals surface area contributed by atoms with E-state index < -0.39 is 17.9 Å². The molecule has 0 fully saturated rings. The number of carbonyl (C=O) groups is 1. The topological polar surface area (TPSA) is 79.9 Å². The van der Waals surface area contributed by atoms with Gasteiger partial charge >= 0.3 is 5.97 Å². The molecule has 2 aromatic carbocycles. The third-order valence-electron chi connectivity index (χ3n) is 6.21. The summed E-state index contributed by atoms with van der Waals surface area (Å²) in [6, 6.07) is 15.1. The molecule has 0 saturated heterocycles. The van der Waals surface area contributed by atoms with Gasteiger partial charge in [-0.2, -0.15) is 4.91 Å². The average molecular weight is 405 g/mol. The van der Waals surface area contributed by atoms with E-state index in [-0.39, 0.29) is 6.42 Å². The lowest BCUT2D eigenvalue weighted by atomic mass is 9.90. The van der Waals surface area contributed by atoms with E-state index in [1.807, 2.05) is 48.5 Å². The first kappa shape index (κ1) is 20.3. The molecule has 0 amide bonds. The number of nitrogens with zero attached hydrogens (tertiary/aromatic N) is 1. The Morgan fingerprint density at radius 1 is 1.10 bits per heavy atom. The van der Waals surface area contributed by atoms with Crippen LogP contribution in [0.4, 0.5) is 0 Å². The Balaban J connectivity index is 1.46. The molecule has 2 unspecified atom stereocenters. The highest BCUT2D eigenvalue weighted by Crippen LogP contribution is 2.35. The second-order valence-electron chi connectivity index (χ2n) is 8.24. The van der Waals surface area contributed by atoms with Crippen molar-refractivity contribution in [1.29, 1.82) is 0 Å². The Hall–Kier alpha value is -2.95. The zero-order valence-electron chi connectivity index (χ0n) is 17.0. The molecule has 1 aromatic heterocycles. The number of nitroso groups, excluding NO2 is 1. The lowest BCUT2D eigenvalue weighted by molar-refractivity contribution is -0.142. The van der Waals surface area contributed by atoms with Gasteiger partial charge in [0.05, 0.1) is 5.92 Å². The fourth-order valence-corrected chi connectivity index (χ4v) is 4.54. The van der Waals surface area contributed by atoms with Crippen LogP contribution in [0.3, 0.4) is 0 Å². The monoisotopic (exact) mass is 405 g/mol. The Bertz CT molecular complexity index is 1020. The molecule has 1 aliphatic rings. The van der Waals surface area contributed by atoms with Crippen LogP contribution in [0.25, 0.3) is 11.0 Å². The van der Waals surface area contributed by atoms with E-state index in [9.17, 15) is 14.8 Å². The van der Waals surface area contributed by atoms with E-state index in [4.69, 9.17) is 4.42 Å². The predicted octanol–water partition coefficient (Wildman–Crippen LogP) is 6.23. The molecule has 0 bridgehead atoms. The summed E-state index contributed by atoms with van der Waals surface area (Å²) in [4.78, 5) is 23.4. The SMILES string of the molecule is O=NC(CC(CCCc1ccccc1)C(=O)O)c1ccc2c3c(oc2c1)CCCC3. The molecular weight excluding hydrogens is 378 g/mol. The molecule has 1 heterocycles. The maximum Gasteiger partial charge on any atom is 0.306 e. The van der Waals surface area contributed by atoms with E-state index in [0.29, 0.717) is 6.42 Å². The van der Waals surface area contributed by atoms with Crippen molar-refractivity contribution in [3.05, 3.63) is 75.9 Å². The Morgan fingerprint density at radius 3 is 2.67 bits per heavy atom. The summed E-state index contributed by atoms with van der Waals surface area (Å²) in [5.41, 5.74) is 3.99. The second-order valence-corrected chi connectivity index (χ2v) is 8.24. The molecule has 3 aromatic rings. The van der Waals surface area contributed by atoms with Crippen LogP contribution >= 0.6 is 0 Å². The van der Waals surface area contributed by atoms with Crippen LogP contribution < -0.4 is 0 Å². The molecule has 156 valence electrons. The first-order valence-electron chi connectivity index (χ1n) is 10.8. The molecule has 30 heavy (non-hydrogen) atoms. The van der Waals surface area contributed by atoms with Crippen molar-refractivity contribution in [3.8, 4) is 0 Å². The Labute approximate surface area is 176 Å². The highest BCUT2D eigenvalue weighted by Gasteiger charge is 2.25. The predicted molar refractivity (Wildman–Crippen MR) is 117 cm³/mol. The lowest BCUT2D eigenvalue weighted by Gasteiger charge is -2.16. The minimum absolute atomic E-state index is 0.208. The summed E-state index contributed by atoms with van der Waals surface area (Å²) in [5.74, 6) is -0.420. The van der Waals surface area contributed by atoms with Crippen LogP contribution in [0.5, 0.6) is 0 Å². The fraction of sp³-hybridized carbons (Fsp3) is 0.400. The molecule has 0 saturated carbocycles. The van der Waals surface area contributed by atoms with Gasteiger partial charge < -0.3 is 9.52 Å². The van der Waals surface area contributed by atoms with Crippen LogP contribution in [-0.4, -0.2) is 11.1 Å². The molecule has 5 heteroatoms. The summed E-state index contributed by atoms with van der Waals surface area (Å²) in [5, 5.41) is 14.1. The highest BCUT2D eigenvalue weighted by molar-refractivity contribution is 5.83. The maximum absolute atomic E-state index is 11.8. The van der Waals surface area contributed by atoms with E-state index in [2.05, 4.69) is 5.18 Å². The first-order chi connectivity index (χ1) is 14.7. The molecule has 0 aliphatic heterocycles. The third-order valence-corrected chi connectivity index (χ3v) is 6.21. The van der Waals surface area contributed by atoms with Gasteiger partial charge in [0.1, 0.15) is 17.4 Å². The zero-order valence-corrected chi connectivity index (χ0v) is 17.0. The van der Waals surface area contributed by atoms with Crippen molar-refractivity contribution in [2.24, 2.45) is 11.1 Å². The van der Waals surface area contributed by atoms with Crippen molar-refractivity contribution >= 4 is 16.9 Å². The van der Waals surface area contributed by atoms with E-state index in [1.54, 1.807) is 0 Å². The van der Waals surface area contributed by atoms with E-state index >= 15 is 0 Å². The second kappa shape index (κ2) is 9.24. The minimum Gasteiger partial charge on any atom is -0.481 e. The Morgan fingerprint density at radius 2 is 1.90 bits per heavy atom. The lowest BCUT2D eigenvalue weighted by Crippen LogP contribution is -2.17. The summed E-state index contributed by atoms with van der Waals surface area (Å²) < 4.78 is 6.03. The number of benzene rings is 2. The highest BCUT2D eigenvalue weighted by atomic mass is 16.4. The van der Waals surface area contributed by atoms with Gasteiger partial charge in [-0.1, -0.05) is 47.6 Å². The van der Waals surface area contributed by atoms with Crippen molar-refractivity contribution in [2.45, 2.75) is 57.4 Å². The molecule has 1 aliphatic carbocycles. The van der Waals surface area contributed by atoms with Crippen LogP contribution in [0.15, 0.2) is 58.1 Å². The van der Waals surface area contributed by atoms with Gasteiger partial charge in [-0.25, -0.2) is 0 Å². The number of fused-ring (bicyclic) bond motifs is 3. The van der Waals surface area contributed by atoms with Crippen molar-refractivity contribution in [2.75, 3.05) is 0 Å². The fourth-order valence-electron chi connectivity index (χ4n) is 4.54. The van der Waals surface area contributed by atoms with E-state index in [1.165, 1.54) is 17.5 Å². The number of hydrogen-bond acceptors (Lipinski definition) is 4. The van der Waals surface area contributed by atoms with Gasteiger partial charge in [-0.15, -0.1) is 0 Å². The number of carboxylic acids is 1. The van der Waals surface area contributed by atoms with Gasteiger partial charge in [0.15, 0.2) is 0 Å². The van der Waals surface area contributed by atoms with Crippen molar-refractivity contribution in [3.63, 3.8) is 0 Å². The van der Waals surface area contributed by atoms with Crippen molar-refractivity contribution < 1.29 is 14.3 Å². The summed E-state index contributed by atoms with van der Waals surface area (Å²) in [6.45, 7) is 0. The molecular formula is C25H27NO4. The first-order valence-corrected chi connectivity index (χ1v) is 10.8. The number of carboxylic acid groups (broad SMARTS) is 1. The standard InChI is InChI=1S/C25H27NO4/c27-25(28)19(10-6-9-17-7-2-1-3-8-17)15-22(26-29)18-13-14-21-20-11-4-5-12-23(20)30-24(21)16-18/h1-3,7-8,13-14,16,19,22H,4-6,9-12,15H2,(H,27,28).